The Balaban J connectivity index is 2.58. The minimum Gasteiger partial charge on any atom is -0.494 e. The summed E-state index contributed by atoms with van der Waals surface area (Å²) in [5.41, 5.74) is 7.00. The Bertz CT molecular complexity index is 514. The van der Waals surface area contributed by atoms with Crippen LogP contribution >= 0.6 is 0 Å². The molecule has 2 aromatic rings. The summed E-state index contributed by atoms with van der Waals surface area (Å²) in [5, 5.41) is 0. The Kier molecular flexibility index (Phi) is 2.72. The molecular weight excluding hydrogens is 207 g/mol. The Morgan fingerprint density at radius 3 is 2.75 bits per heavy atom. The van der Waals surface area contributed by atoms with Crippen LogP contribution in [0.25, 0.3) is 11.1 Å². The summed E-state index contributed by atoms with van der Waals surface area (Å²) < 4.78 is 18.8. The van der Waals surface area contributed by atoms with Crippen molar-refractivity contribution in [1.29, 1.82) is 0 Å². The first kappa shape index (κ1) is 10.4. The highest BCUT2D eigenvalue weighted by molar-refractivity contribution is 5.71. The number of hydrogen-bond acceptors (Lipinski definition) is 3. The van der Waals surface area contributed by atoms with E-state index in [0.717, 1.165) is 0 Å². The molecule has 0 unspecified atom stereocenters. The van der Waals surface area contributed by atoms with Crippen LogP contribution in [0.15, 0.2) is 36.7 Å². The van der Waals surface area contributed by atoms with E-state index in [-0.39, 0.29) is 5.82 Å². The van der Waals surface area contributed by atoms with E-state index in [1.807, 2.05) is 0 Å². The maximum atomic E-state index is 13.7. The number of anilines is 1. The van der Waals surface area contributed by atoms with E-state index < -0.39 is 0 Å². The second-order valence-corrected chi connectivity index (χ2v) is 3.32. The predicted octanol–water partition coefficient (Wildman–Crippen LogP) is 2.48. The van der Waals surface area contributed by atoms with Crippen LogP contribution in [0.1, 0.15) is 0 Å². The molecule has 82 valence electrons. The largest absolute Gasteiger partial charge is 0.494 e. The number of nitrogens with two attached hydrogens (primary N) is 1. The Morgan fingerprint density at radius 2 is 2.06 bits per heavy atom. The number of pyridine rings is 1. The second-order valence-electron chi connectivity index (χ2n) is 3.32. The third-order valence-corrected chi connectivity index (χ3v) is 2.29. The summed E-state index contributed by atoms with van der Waals surface area (Å²) >= 11 is 0. The first-order chi connectivity index (χ1) is 7.72. The molecule has 2 N–H and O–H groups in total. The van der Waals surface area contributed by atoms with Crippen LogP contribution in [0.2, 0.25) is 0 Å². The Labute approximate surface area is 92.7 Å². The van der Waals surface area contributed by atoms with Crippen molar-refractivity contribution in [3.05, 3.63) is 42.5 Å². The number of rotatable bonds is 2. The van der Waals surface area contributed by atoms with Crippen molar-refractivity contribution in [2.24, 2.45) is 0 Å². The van der Waals surface area contributed by atoms with Crippen LogP contribution < -0.4 is 10.5 Å². The minimum absolute atomic E-state index is 0.371. The number of aromatic nitrogens is 1. The van der Waals surface area contributed by atoms with E-state index in [4.69, 9.17) is 10.5 Å². The monoisotopic (exact) mass is 218 g/mol. The second kappa shape index (κ2) is 4.18. The van der Waals surface area contributed by atoms with E-state index in [9.17, 15) is 4.39 Å². The molecule has 1 aromatic carbocycles. The van der Waals surface area contributed by atoms with E-state index in [2.05, 4.69) is 4.98 Å². The molecule has 1 aromatic heterocycles. The van der Waals surface area contributed by atoms with Gasteiger partial charge in [-0.05, 0) is 24.3 Å². The Morgan fingerprint density at radius 1 is 1.25 bits per heavy atom. The third kappa shape index (κ3) is 1.82. The number of nitrogen functional groups attached to an aromatic ring is 1. The molecular formula is C12H11FN2O. The molecule has 0 aliphatic carbocycles. The molecule has 0 aliphatic heterocycles. The average Bonchev–Trinajstić information content (AvgIpc) is 2.29. The van der Waals surface area contributed by atoms with Crippen molar-refractivity contribution in [1.82, 2.24) is 4.98 Å². The van der Waals surface area contributed by atoms with Gasteiger partial charge in [0.15, 0.2) is 0 Å². The molecule has 0 bridgehead atoms. The number of methoxy groups -OCH3 is 1. The van der Waals surface area contributed by atoms with Crippen LogP contribution in [-0.4, -0.2) is 12.1 Å². The molecule has 0 fully saturated rings. The zero-order valence-corrected chi connectivity index (χ0v) is 8.77. The lowest BCUT2D eigenvalue weighted by Crippen LogP contribution is -1.93. The van der Waals surface area contributed by atoms with Gasteiger partial charge in [0.05, 0.1) is 13.3 Å². The normalized spacial score (nSPS) is 10.1. The highest BCUT2D eigenvalue weighted by Crippen LogP contribution is 2.31. The van der Waals surface area contributed by atoms with Gasteiger partial charge >= 0.3 is 0 Å². The topological polar surface area (TPSA) is 48.1 Å². The fourth-order valence-corrected chi connectivity index (χ4v) is 1.51. The van der Waals surface area contributed by atoms with Crippen LogP contribution in [0.5, 0.6) is 5.75 Å². The van der Waals surface area contributed by atoms with Crippen molar-refractivity contribution in [2.75, 3.05) is 12.8 Å². The van der Waals surface area contributed by atoms with Crippen molar-refractivity contribution in [3.63, 3.8) is 0 Å². The van der Waals surface area contributed by atoms with Gasteiger partial charge in [-0.15, -0.1) is 0 Å². The molecule has 0 amide bonds. The highest BCUT2D eigenvalue weighted by Gasteiger charge is 2.10. The first-order valence-corrected chi connectivity index (χ1v) is 4.76. The molecule has 4 heteroatoms. The summed E-state index contributed by atoms with van der Waals surface area (Å²) in [7, 11) is 1.52. The maximum Gasteiger partial charge on any atom is 0.145 e. The highest BCUT2D eigenvalue weighted by atomic mass is 19.1. The number of nitrogens with zero attached hydrogens (tertiary/aromatic N) is 1. The SMILES string of the molecule is COc1cnccc1-c1ccc(N)cc1F. The molecule has 0 saturated heterocycles. The number of halogens is 1. The van der Waals surface area contributed by atoms with E-state index in [0.29, 0.717) is 22.6 Å². The molecule has 0 aliphatic rings. The number of hydrogen-bond donors (Lipinski definition) is 1. The quantitative estimate of drug-likeness (QED) is 0.788. The van der Waals surface area contributed by atoms with Crippen molar-refractivity contribution in [3.8, 4) is 16.9 Å². The van der Waals surface area contributed by atoms with Gasteiger partial charge in [0.2, 0.25) is 0 Å². The first-order valence-electron chi connectivity index (χ1n) is 4.76. The van der Waals surface area contributed by atoms with Crippen molar-refractivity contribution in [2.45, 2.75) is 0 Å². The molecule has 0 spiro atoms. The molecule has 0 saturated carbocycles. The smallest absolute Gasteiger partial charge is 0.145 e. The van der Waals surface area contributed by atoms with Gasteiger partial charge in [-0.1, -0.05) is 0 Å². The van der Waals surface area contributed by atoms with E-state index in [1.165, 1.54) is 13.2 Å². The summed E-state index contributed by atoms with van der Waals surface area (Å²) in [6, 6.07) is 6.27. The summed E-state index contributed by atoms with van der Waals surface area (Å²) in [4.78, 5) is 3.92. The van der Waals surface area contributed by atoms with Crippen LogP contribution in [0.4, 0.5) is 10.1 Å². The maximum absolute atomic E-state index is 13.7. The summed E-state index contributed by atoms with van der Waals surface area (Å²) in [6.07, 6.45) is 3.14. The predicted molar refractivity (Wildman–Crippen MR) is 60.6 cm³/mol. The van der Waals surface area contributed by atoms with Gasteiger partial charge < -0.3 is 10.5 Å². The lowest BCUT2D eigenvalue weighted by molar-refractivity contribution is 0.414. The average molecular weight is 218 g/mol. The molecule has 3 nitrogen and oxygen atoms in total. The zero-order chi connectivity index (χ0) is 11.5. The van der Waals surface area contributed by atoms with Gasteiger partial charge in [-0.3, -0.25) is 4.98 Å². The van der Waals surface area contributed by atoms with Gasteiger partial charge in [0, 0.05) is 23.0 Å². The fourth-order valence-electron chi connectivity index (χ4n) is 1.51. The zero-order valence-electron chi connectivity index (χ0n) is 8.77. The summed E-state index contributed by atoms with van der Waals surface area (Å²) in [6.45, 7) is 0. The molecule has 16 heavy (non-hydrogen) atoms. The standard InChI is InChI=1S/C12H11FN2O/c1-16-12-7-15-5-4-10(12)9-3-2-8(14)6-11(9)13/h2-7H,14H2,1H3. The van der Waals surface area contributed by atoms with Crippen LogP contribution in [0, 0.1) is 5.82 Å². The number of ether oxygens (including phenoxy) is 1. The van der Waals surface area contributed by atoms with Crippen LogP contribution in [-0.2, 0) is 0 Å². The minimum atomic E-state index is -0.371. The molecule has 1 heterocycles. The van der Waals surface area contributed by atoms with Gasteiger partial charge in [0.1, 0.15) is 11.6 Å². The Hall–Kier alpha value is -2.10. The third-order valence-electron chi connectivity index (χ3n) is 2.29. The molecule has 0 atom stereocenters. The van der Waals surface area contributed by atoms with Gasteiger partial charge in [-0.2, -0.15) is 0 Å². The van der Waals surface area contributed by atoms with Gasteiger partial charge in [-0.25, -0.2) is 4.39 Å². The lowest BCUT2D eigenvalue weighted by Gasteiger charge is -2.08. The van der Waals surface area contributed by atoms with E-state index in [1.54, 1.807) is 30.6 Å². The lowest BCUT2D eigenvalue weighted by atomic mass is 10.1. The molecule has 2 rings (SSSR count). The van der Waals surface area contributed by atoms with Crippen LogP contribution in [0.3, 0.4) is 0 Å². The van der Waals surface area contributed by atoms with E-state index >= 15 is 0 Å². The number of benzene rings is 1. The molecule has 0 radical (unpaired) electrons. The van der Waals surface area contributed by atoms with Gasteiger partial charge in [0.25, 0.3) is 0 Å². The van der Waals surface area contributed by atoms with Crippen molar-refractivity contribution < 1.29 is 9.13 Å². The fraction of sp³-hybridized carbons (Fsp3) is 0.0833. The van der Waals surface area contributed by atoms with Crippen molar-refractivity contribution >= 4 is 5.69 Å². The summed E-state index contributed by atoms with van der Waals surface area (Å²) in [5.74, 6) is 0.163.